The number of ether oxygens (including phenoxy) is 1. The molecule has 2 fully saturated rings. The quantitative estimate of drug-likeness (QED) is 0.688. The van der Waals surface area contributed by atoms with Gasteiger partial charge in [0.25, 0.3) is 0 Å². The highest BCUT2D eigenvalue weighted by Gasteiger charge is 2.30. The molecule has 0 bridgehead atoms. The fraction of sp³-hybridized carbons (Fsp3) is 0.524. The number of nitrogens with two attached hydrogens (primary N) is 1. The number of methoxy groups -OCH3 is 1. The Labute approximate surface area is 185 Å². The number of benzene rings is 1. The first-order chi connectivity index (χ1) is 13.2. The van der Waals surface area contributed by atoms with E-state index in [0.717, 1.165) is 56.2 Å². The minimum Gasteiger partial charge on any atom is -0.377 e. The van der Waals surface area contributed by atoms with E-state index in [1.54, 1.807) is 7.11 Å². The molecule has 2 aromatic rings. The van der Waals surface area contributed by atoms with Crippen LogP contribution in [0, 0.1) is 0 Å². The molecule has 2 heterocycles. The van der Waals surface area contributed by atoms with Crippen molar-refractivity contribution >= 4 is 30.6 Å². The first-order valence-corrected chi connectivity index (χ1v) is 9.85. The molecule has 1 aliphatic heterocycles. The first-order valence-electron chi connectivity index (χ1n) is 9.85. The van der Waals surface area contributed by atoms with E-state index in [0.29, 0.717) is 24.6 Å². The van der Waals surface area contributed by atoms with Gasteiger partial charge in [-0.05, 0) is 24.8 Å². The number of halogens is 2. The molecule has 1 aliphatic carbocycles. The number of nitrogens with zero attached hydrogens (tertiary/aromatic N) is 3. The number of hydrogen-bond acceptors (Lipinski definition) is 6. The van der Waals surface area contributed by atoms with Crippen LogP contribution in [0.4, 0.5) is 5.82 Å². The van der Waals surface area contributed by atoms with Crippen LogP contribution in [0.25, 0.3) is 0 Å². The molecule has 3 N–H and O–H groups in total. The summed E-state index contributed by atoms with van der Waals surface area (Å²) in [7, 11) is 1.68. The second-order valence-corrected chi connectivity index (χ2v) is 7.81. The molecule has 0 spiro atoms. The molecule has 1 atom stereocenters. The van der Waals surface area contributed by atoms with Crippen LogP contribution in [0.2, 0.25) is 0 Å². The summed E-state index contributed by atoms with van der Waals surface area (Å²) in [5, 5.41) is 3.63. The summed E-state index contributed by atoms with van der Waals surface area (Å²) in [5.74, 6) is 2.12. The lowest BCUT2D eigenvalue weighted by molar-refractivity contribution is 0.177. The molecule has 29 heavy (non-hydrogen) atoms. The lowest BCUT2D eigenvalue weighted by Crippen LogP contribution is -2.35. The molecular formula is C21H31Cl2N5O. The van der Waals surface area contributed by atoms with Gasteiger partial charge in [0.05, 0.1) is 0 Å². The van der Waals surface area contributed by atoms with E-state index in [-0.39, 0.29) is 24.8 Å². The highest BCUT2D eigenvalue weighted by Crippen LogP contribution is 2.35. The van der Waals surface area contributed by atoms with Crippen molar-refractivity contribution in [1.82, 2.24) is 14.9 Å². The molecule has 8 heteroatoms. The van der Waals surface area contributed by atoms with E-state index in [1.165, 1.54) is 5.56 Å². The molecule has 0 radical (unpaired) electrons. The van der Waals surface area contributed by atoms with Crippen molar-refractivity contribution in [3.05, 3.63) is 53.5 Å². The second-order valence-electron chi connectivity index (χ2n) is 7.81. The Morgan fingerprint density at radius 2 is 1.93 bits per heavy atom. The van der Waals surface area contributed by atoms with Crippen molar-refractivity contribution in [3.63, 3.8) is 0 Å². The summed E-state index contributed by atoms with van der Waals surface area (Å²) in [6.07, 6.45) is 3.15. The summed E-state index contributed by atoms with van der Waals surface area (Å²) in [6.45, 7) is 3.57. The maximum Gasteiger partial charge on any atom is 0.156 e. The smallest absolute Gasteiger partial charge is 0.156 e. The Kier molecular flexibility index (Phi) is 9.11. The molecule has 160 valence electrons. The third kappa shape index (κ3) is 6.27. The number of hydrogen-bond donors (Lipinski definition) is 2. The highest BCUT2D eigenvalue weighted by atomic mass is 35.5. The zero-order valence-corrected chi connectivity index (χ0v) is 18.4. The predicted molar refractivity (Wildman–Crippen MR) is 121 cm³/mol. The van der Waals surface area contributed by atoms with Gasteiger partial charge in [0, 0.05) is 56.5 Å². The Morgan fingerprint density at radius 3 is 2.62 bits per heavy atom. The van der Waals surface area contributed by atoms with E-state index in [4.69, 9.17) is 10.5 Å². The Hall–Kier alpha value is -1.44. The molecule has 0 amide bonds. The molecule has 4 rings (SSSR count). The number of likely N-dealkylation sites (tertiary alicyclic amines) is 1. The standard InChI is InChI=1S/C21H29N5O.2ClH/c1-27-14-21-24-19(16-9-17(22)10-16)11-20(25-21)23-18-7-8-26(13-18)12-15-5-3-2-4-6-15;;/h2-6,11,16-18H,7-10,12-14,22H2,1H3,(H,23,24,25);2*1H/t16?,17?,18-;;/m0../s1. The first kappa shape index (κ1) is 23.8. The molecule has 6 nitrogen and oxygen atoms in total. The molecule has 1 saturated carbocycles. The van der Waals surface area contributed by atoms with Gasteiger partial charge in [-0.15, -0.1) is 24.8 Å². The van der Waals surface area contributed by atoms with Gasteiger partial charge in [-0.3, -0.25) is 4.90 Å². The number of rotatable bonds is 7. The van der Waals surface area contributed by atoms with Crippen LogP contribution in [0.1, 0.15) is 42.3 Å². The lowest BCUT2D eigenvalue weighted by atomic mass is 9.78. The maximum absolute atomic E-state index is 5.96. The van der Waals surface area contributed by atoms with Gasteiger partial charge in [-0.2, -0.15) is 0 Å². The van der Waals surface area contributed by atoms with Crippen LogP contribution in [-0.2, 0) is 17.9 Å². The van der Waals surface area contributed by atoms with Crippen LogP contribution >= 0.6 is 24.8 Å². The Balaban J connectivity index is 0.00000150. The monoisotopic (exact) mass is 439 g/mol. The minimum absolute atomic E-state index is 0. The minimum atomic E-state index is 0. The van der Waals surface area contributed by atoms with Gasteiger partial charge in [0.2, 0.25) is 0 Å². The third-order valence-electron chi connectivity index (χ3n) is 5.53. The number of nitrogens with one attached hydrogen (secondary N) is 1. The van der Waals surface area contributed by atoms with E-state index in [1.807, 2.05) is 0 Å². The summed E-state index contributed by atoms with van der Waals surface area (Å²) >= 11 is 0. The molecule has 0 unspecified atom stereocenters. The van der Waals surface area contributed by atoms with Crippen molar-refractivity contribution in [3.8, 4) is 0 Å². The SMILES string of the molecule is COCc1nc(N[C@H]2CCN(Cc3ccccc3)C2)cc(C2CC(N)C2)n1.Cl.Cl. The highest BCUT2D eigenvalue weighted by molar-refractivity contribution is 5.85. The van der Waals surface area contributed by atoms with Crippen molar-refractivity contribution in [2.45, 2.75) is 50.4 Å². The third-order valence-corrected chi connectivity index (χ3v) is 5.53. The number of anilines is 1. The topological polar surface area (TPSA) is 76.3 Å². The van der Waals surface area contributed by atoms with Gasteiger partial charge >= 0.3 is 0 Å². The Bertz CT molecular complexity index is 758. The van der Waals surface area contributed by atoms with Gasteiger partial charge in [0.15, 0.2) is 5.82 Å². The summed E-state index contributed by atoms with van der Waals surface area (Å²) in [6, 6.07) is 13.5. The maximum atomic E-state index is 5.96. The zero-order chi connectivity index (χ0) is 18.6. The van der Waals surface area contributed by atoms with Gasteiger partial charge in [-0.1, -0.05) is 30.3 Å². The van der Waals surface area contributed by atoms with Crippen molar-refractivity contribution in [2.24, 2.45) is 5.73 Å². The molecule has 1 aromatic heterocycles. The zero-order valence-electron chi connectivity index (χ0n) is 16.8. The van der Waals surface area contributed by atoms with E-state index in [9.17, 15) is 0 Å². The van der Waals surface area contributed by atoms with Crippen LogP contribution in [-0.4, -0.2) is 47.2 Å². The average molecular weight is 440 g/mol. The Morgan fingerprint density at radius 1 is 1.17 bits per heavy atom. The molecule has 2 aliphatic rings. The van der Waals surface area contributed by atoms with Crippen LogP contribution in [0.3, 0.4) is 0 Å². The van der Waals surface area contributed by atoms with E-state index in [2.05, 4.69) is 56.6 Å². The average Bonchev–Trinajstić information content (AvgIpc) is 3.07. The van der Waals surface area contributed by atoms with Crippen LogP contribution < -0.4 is 11.1 Å². The van der Waals surface area contributed by atoms with Gasteiger partial charge < -0.3 is 15.8 Å². The van der Waals surface area contributed by atoms with Gasteiger partial charge in [-0.25, -0.2) is 9.97 Å². The normalized spacial score (nSPS) is 23.6. The summed E-state index contributed by atoms with van der Waals surface area (Å²) in [4.78, 5) is 11.8. The summed E-state index contributed by atoms with van der Waals surface area (Å²) < 4.78 is 5.26. The molecule has 1 aromatic carbocycles. The fourth-order valence-electron chi connectivity index (χ4n) is 4.04. The number of aromatic nitrogens is 2. The second kappa shape index (κ2) is 11.1. The van der Waals surface area contributed by atoms with E-state index >= 15 is 0 Å². The fourth-order valence-corrected chi connectivity index (χ4v) is 4.04. The predicted octanol–water partition coefficient (Wildman–Crippen LogP) is 3.36. The van der Waals surface area contributed by atoms with Crippen molar-refractivity contribution in [2.75, 3.05) is 25.5 Å². The van der Waals surface area contributed by atoms with Crippen molar-refractivity contribution < 1.29 is 4.74 Å². The molecule has 1 saturated heterocycles. The summed E-state index contributed by atoms with van der Waals surface area (Å²) in [5.41, 5.74) is 8.43. The lowest BCUT2D eigenvalue weighted by Gasteiger charge is -2.32. The van der Waals surface area contributed by atoms with E-state index < -0.39 is 0 Å². The molecular weight excluding hydrogens is 409 g/mol. The van der Waals surface area contributed by atoms with Crippen LogP contribution in [0.15, 0.2) is 36.4 Å². The largest absolute Gasteiger partial charge is 0.377 e. The van der Waals surface area contributed by atoms with Gasteiger partial charge in [0.1, 0.15) is 12.4 Å². The van der Waals surface area contributed by atoms with Crippen LogP contribution in [0.5, 0.6) is 0 Å². The van der Waals surface area contributed by atoms with Crippen molar-refractivity contribution in [1.29, 1.82) is 0 Å².